The van der Waals surface area contributed by atoms with Crippen molar-refractivity contribution in [2.75, 3.05) is 17.3 Å². The molecule has 1 fully saturated rings. The van der Waals surface area contributed by atoms with Crippen LogP contribution in [0.2, 0.25) is 0 Å². The zero-order chi connectivity index (χ0) is 30.3. The molecule has 3 aromatic rings. The second-order valence-electron chi connectivity index (χ2n) is 12.4. The summed E-state index contributed by atoms with van der Waals surface area (Å²) < 4.78 is 5.55. The van der Waals surface area contributed by atoms with Crippen LogP contribution in [-0.2, 0) is 25.2 Å². The molecule has 0 saturated carbocycles. The van der Waals surface area contributed by atoms with Gasteiger partial charge in [0, 0.05) is 29.4 Å². The van der Waals surface area contributed by atoms with E-state index in [1.165, 1.54) is 11.8 Å². The Morgan fingerprint density at radius 1 is 0.878 bits per heavy atom. The fourth-order valence-corrected chi connectivity index (χ4v) is 5.09. The predicted molar refractivity (Wildman–Crippen MR) is 162 cm³/mol. The fourth-order valence-electron chi connectivity index (χ4n) is 5.09. The zero-order valence-corrected chi connectivity index (χ0v) is 25.0. The maximum Gasteiger partial charge on any atom is 0.300 e. The summed E-state index contributed by atoms with van der Waals surface area (Å²) in [6, 6.07) is 18.9. The highest BCUT2D eigenvalue weighted by Gasteiger charge is 2.47. The van der Waals surface area contributed by atoms with Crippen molar-refractivity contribution in [3.8, 4) is 5.75 Å². The van der Waals surface area contributed by atoms with Gasteiger partial charge in [0.1, 0.15) is 11.5 Å². The quantitative estimate of drug-likeness (QED) is 0.204. The molecule has 2 N–H and O–H groups in total. The molecule has 41 heavy (non-hydrogen) atoms. The minimum absolute atomic E-state index is 0.00877. The van der Waals surface area contributed by atoms with Crippen molar-refractivity contribution < 1.29 is 24.2 Å². The van der Waals surface area contributed by atoms with Gasteiger partial charge in [0.25, 0.3) is 11.7 Å². The molecule has 1 atom stereocenters. The average Bonchev–Trinajstić information content (AvgIpc) is 3.17. The Morgan fingerprint density at radius 2 is 1.49 bits per heavy atom. The Bertz CT molecular complexity index is 1520. The van der Waals surface area contributed by atoms with E-state index in [1.54, 1.807) is 43.5 Å². The molecule has 1 aliphatic rings. The van der Waals surface area contributed by atoms with Gasteiger partial charge in [-0.3, -0.25) is 19.3 Å². The number of carbonyl (C=O) groups excluding carboxylic acids is 3. The highest BCUT2D eigenvalue weighted by Crippen LogP contribution is 2.43. The van der Waals surface area contributed by atoms with Gasteiger partial charge in [0.2, 0.25) is 5.91 Å². The molecule has 1 unspecified atom stereocenters. The number of aliphatic hydroxyl groups excluding tert-OH is 1. The first kappa shape index (κ1) is 29.6. The number of anilines is 2. The van der Waals surface area contributed by atoms with E-state index in [9.17, 15) is 19.5 Å². The number of amides is 2. The van der Waals surface area contributed by atoms with E-state index in [4.69, 9.17) is 4.74 Å². The van der Waals surface area contributed by atoms with Gasteiger partial charge in [-0.05, 0) is 64.4 Å². The van der Waals surface area contributed by atoms with Gasteiger partial charge in [-0.15, -0.1) is 0 Å². The number of carbonyl (C=O) groups is 3. The van der Waals surface area contributed by atoms with Gasteiger partial charge in [-0.2, -0.15) is 0 Å². The first-order chi connectivity index (χ1) is 19.1. The molecule has 3 aromatic carbocycles. The van der Waals surface area contributed by atoms with Gasteiger partial charge < -0.3 is 15.2 Å². The van der Waals surface area contributed by atoms with Crippen LogP contribution in [0.5, 0.6) is 5.75 Å². The van der Waals surface area contributed by atoms with E-state index >= 15 is 0 Å². The number of hydrogen-bond acceptors (Lipinski definition) is 5. The summed E-state index contributed by atoms with van der Waals surface area (Å²) in [6.45, 7) is 13.9. The van der Waals surface area contributed by atoms with E-state index in [0.717, 1.165) is 11.1 Å². The number of ketones is 1. The third-order valence-electron chi connectivity index (χ3n) is 7.28. The Balaban J connectivity index is 1.92. The number of benzene rings is 3. The molecule has 0 bridgehead atoms. The van der Waals surface area contributed by atoms with Crippen LogP contribution in [0, 0.1) is 0 Å². The second-order valence-corrected chi connectivity index (χ2v) is 12.4. The van der Waals surface area contributed by atoms with Crippen molar-refractivity contribution in [1.82, 2.24) is 0 Å². The molecule has 1 heterocycles. The number of methoxy groups -OCH3 is 1. The van der Waals surface area contributed by atoms with Gasteiger partial charge in [-0.25, -0.2) is 0 Å². The van der Waals surface area contributed by atoms with Crippen LogP contribution in [0.1, 0.15) is 76.8 Å². The van der Waals surface area contributed by atoms with Gasteiger partial charge in [0.15, 0.2) is 0 Å². The van der Waals surface area contributed by atoms with Crippen molar-refractivity contribution in [2.45, 2.75) is 65.3 Å². The van der Waals surface area contributed by atoms with Gasteiger partial charge >= 0.3 is 0 Å². The van der Waals surface area contributed by atoms with Crippen LogP contribution >= 0.6 is 0 Å². The van der Waals surface area contributed by atoms with Crippen LogP contribution in [0.15, 0.2) is 72.3 Å². The first-order valence-electron chi connectivity index (χ1n) is 13.6. The lowest BCUT2D eigenvalue weighted by atomic mass is 9.84. The molecule has 2 amide bonds. The summed E-state index contributed by atoms with van der Waals surface area (Å²) in [5.74, 6) is -1.31. The summed E-state index contributed by atoms with van der Waals surface area (Å²) in [5.41, 5.74) is 3.72. The van der Waals surface area contributed by atoms with Crippen molar-refractivity contribution in [3.05, 3.63) is 94.6 Å². The van der Waals surface area contributed by atoms with E-state index in [0.29, 0.717) is 28.3 Å². The molecule has 1 aliphatic heterocycles. The van der Waals surface area contributed by atoms with E-state index in [2.05, 4.69) is 26.1 Å². The zero-order valence-electron chi connectivity index (χ0n) is 25.0. The number of hydrogen-bond donors (Lipinski definition) is 2. The number of nitrogens with zero attached hydrogens (tertiary/aromatic N) is 1. The van der Waals surface area contributed by atoms with Gasteiger partial charge in [-0.1, -0.05) is 65.8 Å². The van der Waals surface area contributed by atoms with Crippen molar-refractivity contribution >= 4 is 34.7 Å². The normalized spacial score (nSPS) is 17.1. The van der Waals surface area contributed by atoms with Crippen LogP contribution in [-0.4, -0.2) is 29.8 Å². The molecule has 7 heteroatoms. The standard InChI is InChI=1S/C34H38N2O5/c1-20(37)35-24-14-16-25(17-15-24)36-29(21-9-12-23(13-10-21)33(2,3)4)28(31(39)32(36)40)30(38)22-11-18-27(41-8)26(19-22)34(5,6)7/h9-19,29,38H,1-8H3,(H,35,37)/b30-28-. The number of Topliss-reactive ketones (excluding diaryl/α,β-unsaturated/α-hetero) is 1. The monoisotopic (exact) mass is 554 g/mol. The number of rotatable bonds is 5. The SMILES string of the molecule is COc1ccc(/C(O)=C2/C(=O)C(=O)N(c3ccc(NC(C)=O)cc3)C2c2ccc(C(C)(C)C)cc2)cc1C(C)(C)C. The highest BCUT2D eigenvalue weighted by molar-refractivity contribution is 6.51. The number of ether oxygens (including phenoxy) is 1. The highest BCUT2D eigenvalue weighted by atomic mass is 16.5. The molecule has 0 radical (unpaired) electrons. The van der Waals surface area contributed by atoms with E-state index in [-0.39, 0.29) is 28.1 Å². The maximum atomic E-state index is 13.6. The summed E-state index contributed by atoms with van der Waals surface area (Å²) in [7, 11) is 1.59. The molecule has 0 spiro atoms. The molecule has 0 aliphatic carbocycles. The lowest BCUT2D eigenvalue weighted by Gasteiger charge is -2.27. The Labute approximate surface area is 241 Å². The Morgan fingerprint density at radius 3 is 2.00 bits per heavy atom. The van der Waals surface area contributed by atoms with E-state index < -0.39 is 17.7 Å². The Kier molecular flexibility index (Phi) is 7.85. The largest absolute Gasteiger partial charge is 0.507 e. The van der Waals surface area contributed by atoms with Crippen LogP contribution < -0.4 is 15.0 Å². The first-order valence-corrected chi connectivity index (χ1v) is 13.6. The lowest BCUT2D eigenvalue weighted by Crippen LogP contribution is -2.29. The molecule has 7 nitrogen and oxygen atoms in total. The number of nitrogens with one attached hydrogen (secondary N) is 1. The third kappa shape index (κ3) is 5.89. The van der Waals surface area contributed by atoms with Crippen LogP contribution in [0.3, 0.4) is 0 Å². The molecule has 1 saturated heterocycles. The van der Waals surface area contributed by atoms with E-state index in [1.807, 2.05) is 51.1 Å². The summed E-state index contributed by atoms with van der Waals surface area (Å²) in [5, 5.41) is 14.4. The molecular weight excluding hydrogens is 516 g/mol. The molecule has 214 valence electrons. The van der Waals surface area contributed by atoms with Gasteiger partial charge in [0.05, 0.1) is 18.7 Å². The minimum atomic E-state index is -0.865. The smallest absolute Gasteiger partial charge is 0.300 e. The third-order valence-corrected chi connectivity index (χ3v) is 7.28. The van der Waals surface area contributed by atoms with Crippen molar-refractivity contribution in [2.24, 2.45) is 0 Å². The van der Waals surface area contributed by atoms with Crippen LogP contribution in [0.25, 0.3) is 5.76 Å². The lowest BCUT2D eigenvalue weighted by molar-refractivity contribution is -0.132. The summed E-state index contributed by atoms with van der Waals surface area (Å²) in [4.78, 5) is 40.1. The molecule has 0 aromatic heterocycles. The van der Waals surface area contributed by atoms with Crippen molar-refractivity contribution in [1.29, 1.82) is 0 Å². The topological polar surface area (TPSA) is 95.9 Å². The predicted octanol–water partition coefficient (Wildman–Crippen LogP) is 6.87. The maximum absolute atomic E-state index is 13.6. The summed E-state index contributed by atoms with van der Waals surface area (Å²) in [6.07, 6.45) is 0. The van der Waals surface area contributed by atoms with Crippen molar-refractivity contribution in [3.63, 3.8) is 0 Å². The average molecular weight is 555 g/mol. The summed E-state index contributed by atoms with van der Waals surface area (Å²) >= 11 is 0. The Hall–Kier alpha value is -4.39. The molecule has 4 rings (SSSR count). The van der Waals surface area contributed by atoms with Crippen LogP contribution in [0.4, 0.5) is 11.4 Å². The second kappa shape index (κ2) is 10.9. The number of aliphatic hydroxyl groups is 1. The minimum Gasteiger partial charge on any atom is -0.507 e. The molecular formula is C34H38N2O5. The fraction of sp³-hybridized carbons (Fsp3) is 0.324.